The Bertz CT molecular complexity index is 761. The minimum absolute atomic E-state index is 0.240. The predicted octanol–water partition coefficient (Wildman–Crippen LogP) is 2.73. The molecule has 0 aliphatic heterocycles. The van der Waals surface area contributed by atoms with Crippen LogP contribution < -0.4 is 10.3 Å². The number of hydrogen-bond acceptors (Lipinski definition) is 6. The molecule has 23 heavy (non-hydrogen) atoms. The summed E-state index contributed by atoms with van der Waals surface area (Å²) < 4.78 is 7.03. The van der Waals surface area contributed by atoms with Crippen molar-refractivity contribution in [1.29, 1.82) is 0 Å². The zero-order valence-electron chi connectivity index (χ0n) is 13.9. The SMILES string of the molecule is CSc1nnc(C)c(=O)n1/N=C\c1ccc(OC(C)(C)C)cc1. The molecule has 0 amide bonds. The molecule has 0 saturated carbocycles. The summed E-state index contributed by atoms with van der Waals surface area (Å²) in [5.41, 5.74) is 0.665. The number of hydrogen-bond donors (Lipinski definition) is 0. The number of aryl methyl sites for hydroxylation is 1. The van der Waals surface area contributed by atoms with Gasteiger partial charge in [-0.3, -0.25) is 4.79 Å². The molecule has 2 rings (SSSR count). The molecule has 0 bridgehead atoms. The van der Waals surface area contributed by atoms with E-state index >= 15 is 0 Å². The molecule has 0 fully saturated rings. The standard InChI is InChI=1S/C16H20N4O2S/c1-11-14(21)20(15(23-5)19-18-11)17-10-12-6-8-13(9-7-12)22-16(2,3)4/h6-10H,1-5H3/b17-10-. The maximum Gasteiger partial charge on any atom is 0.296 e. The summed E-state index contributed by atoms with van der Waals surface area (Å²) in [6, 6.07) is 7.52. The van der Waals surface area contributed by atoms with Crippen molar-refractivity contribution in [1.82, 2.24) is 14.9 Å². The summed E-state index contributed by atoms with van der Waals surface area (Å²) in [5, 5.41) is 12.5. The fourth-order valence-electron chi connectivity index (χ4n) is 1.77. The van der Waals surface area contributed by atoms with Crippen molar-refractivity contribution < 1.29 is 4.74 Å². The fraction of sp³-hybridized carbons (Fsp3) is 0.375. The highest BCUT2D eigenvalue weighted by Crippen LogP contribution is 2.18. The first-order valence-electron chi connectivity index (χ1n) is 7.14. The molecule has 0 aliphatic carbocycles. The van der Waals surface area contributed by atoms with Gasteiger partial charge in [0, 0.05) is 0 Å². The number of rotatable bonds is 4. The van der Waals surface area contributed by atoms with E-state index in [4.69, 9.17) is 4.74 Å². The van der Waals surface area contributed by atoms with Gasteiger partial charge in [-0.1, -0.05) is 11.8 Å². The lowest BCUT2D eigenvalue weighted by Gasteiger charge is -2.21. The Labute approximate surface area is 139 Å². The molecule has 6 nitrogen and oxygen atoms in total. The Hall–Kier alpha value is -2.15. The zero-order chi connectivity index (χ0) is 17.0. The topological polar surface area (TPSA) is 69.4 Å². The van der Waals surface area contributed by atoms with Crippen LogP contribution in [-0.4, -0.2) is 32.9 Å². The van der Waals surface area contributed by atoms with Gasteiger partial charge in [-0.2, -0.15) is 9.78 Å². The van der Waals surface area contributed by atoms with Gasteiger partial charge in [0.2, 0.25) is 5.16 Å². The van der Waals surface area contributed by atoms with Crippen molar-refractivity contribution >= 4 is 18.0 Å². The van der Waals surface area contributed by atoms with Crippen LogP contribution in [0.15, 0.2) is 39.3 Å². The summed E-state index contributed by atoms with van der Waals surface area (Å²) in [6.45, 7) is 7.61. The Morgan fingerprint density at radius 1 is 1.22 bits per heavy atom. The van der Waals surface area contributed by atoms with Gasteiger partial charge in [0.1, 0.15) is 17.0 Å². The van der Waals surface area contributed by atoms with Gasteiger partial charge < -0.3 is 4.74 Å². The Morgan fingerprint density at radius 2 is 1.87 bits per heavy atom. The second-order valence-electron chi connectivity index (χ2n) is 5.92. The van der Waals surface area contributed by atoms with Crippen molar-refractivity contribution in [3.63, 3.8) is 0 Å². The van der Waals surface area contributed by atoms with Crippen LogP contribution in [0.1, 0.15) is 32.0 Å². The van der Waals surface area contributed by atoms with Crippen LogP contribution in [0, 0.1) is 6.92 Å². The number of thioether (sulfide) groups is 1. The lowest BCUT2D eigenvalue weighted by atomic mass is 10.2. The van der Waals surface area contributed by atoms with Crippen LogP contribution in [0.2, 0.25) is 0 Å². The average molecular weight is 332 g/mol. The third-order valence-electron chi connectivity index (χ3n) is 2.78. The zero-order valence-corrected chi connectivity index (χ0v) is 14.7. The van der Waals surface area contributed by atoms with E-state index in [2.05, 4.69) is 15.3 Å². The number of nitrogens with zero attached hydrogens (tertiary/aromatic N) is 4. The average Bonchev–Trinajstić information content (AvgIpc) is 2.48. The molecule has 1 aromatic heterocycles. The maximum absolute atomic E-state index is 12.1. The van der Waals surface area contributed by atoms with Gasteiger partial charge in [0.25, 0.3) is 5.56 Å². The lowest BCUT2D eigenvalue weighted by molar-refractivity contribution is 0.131. The van der Waals surface area contributed by atoms with E-state index in [9.17, 15) is 4.79 Å². The molecular weight excluding hydrogens is 312 g/mol. The fourth-order valence-corrected chi connectivity index (χ4v) is 2.20. The van der Waals surface area contributed by atoms with E-state index < -0.39 is 0 Å². The number of ether oxygens (including phenoxy) is 1. The molecule has 0 saturated heterocycles. The molecule has 0 radical (unpaired) electrons. The summed E-state index contributed by atoms with van der Waals surface area (Å²) in [5.74, 6) is 0.790. The van der Waals surface area contributed by atoms with E-state index in [1.165, 1.54) is 16.4 Å². The van der Waals surface area contributed by atoms with E-state index in [0.717, 1.165) is 11.3 Å². The van der Waals surface area contributed by atoms with E-state index in [1.807, 2.05) is 51.3 Å². The quantitative estimate of drug-likeness (QED) is 0.636. The van der Waals surface area contributed by atoms with Crippen molar-refractivity contribution in [2.24, 2.45) is 5.10 Å². The van der Waals surface area contributed by atoms with Crippen LogP contribution in [-0.2, 0) is 0 Å². The predicted molar refractivity (Wildman–Crippen MR) is 92.6 cm³/mol. The third kappa shape index (κ3) is 4.66. The van der Waals surface area contributed by atoms with Crippen LogP contribution in [0.5, 0.6) is 5.75 Å². The first kappa shape index (κ1) is 17.2. The second kappa shape index (κ2) is 6.95. The molecule has 0 spiro atoms. The Balaban J connectivity index is 2.24. The minimum Gasteiger partial charge on any atom is -0.488 e. The minimum atomic E-state index is -0.270. The van der Waals surface area contributed by atoms with Gasteiger partial charge in [-0.25, -0.2) is 0 Å². The Kier molecular flexibility index (Phi) is 5.20. The van der Waals surface area contributed by atoms with Crippen LogP contribution in [0.3, 0.4) is 0 Å². The molecule has 0 N–H and O–H groups in total. The summed E-state index contributed by atoms with van der Waals surface area (Å²) >= 11 is 1.32. The second-order valence-corrected chi connectivity index (χ2v) is 6.69. The van der Waals surface area contributed by atoms with E-state index in [1.54, 1.807) is 13.1 Å². The van der Waals surface area contributed by atoms with Crippen LogP contribution in [0.25, 0.3) is 0 Å². The van der Waals surface area contributed by atoms with E-state index in [0.29, 0.717) is 10.9 Å². The molecule has 1 aromatic carbocycles. The molecule has 0 aliphatic rings. The summed E-state index contributed by atoms with van der Waals surface area (Å²) in [7, 11) is 0. The van der Waals surface area contributed by atoms with Crippen LogP contribution in [0.4, 0.5) is 0 Å². The number of benzene rings is 1. The van der Waals surface area contributed by atoms with Crippen molar-refractivity contribution in [2.45, 2.75) is 38.5 Å². The monoisotopic (exact) mass is 332 g/mol. The third-order valence-corrected chi connectivity index (χ3v) is 3.40. The normalized spacial score (nSPS) is 11.9. The highest BCUT2D eigenvalue weighted by atomic mass is 32.2. The largest absolute Gasteiger partial charge is 0.488 e. The first-order valence-corrected chi connectivity index (χ1v) is 8.36. The molecule has 1 heterocycles. The van der Waals surface area contributed by atoms with Gasteiger partial charge >= 0.3 is 0 Å². The summed E-state index contributed by atoms with van der Waals surface area (Å²) in [6.07, 6.45) is 3.44. The van der Waals surface area contributed by atoms with Crippen molar-refractivity contribution in [3.05, 3.63) is 45.9 Å². The van der Waals surface area contributed by atoms with Gasteiger partial charge in [0.15, 0.2) is 0 Å². The molecular formula is C16H20N4O2S. The van der Waals surface area contributed by atoms with Gasteiger partial charge in [0.05, 0.1) is 6.21 Å². The smallest absolute Gasteiger partial charge is 0.296 e. The van der Waals surface area contributed by atoms with E-state index in [-0.39, 0.29) is 11.2 Å². The number of aromatic nitrogens is 3. The van der Waals surface area contributed by atoms with Crippen LogP contribution >= 0.6 is 11.8 Å². The first-order chi connectivity index (χ1) is 10.8. The molecule has 0 atom stereocenters. The molecule has 7 heteroatoms. The maximum atomic E-state index is 12.1. The Morgan fingerprint density at radius 3 is 2.43 bits per heavy atom. The lowest BCUT2D eigenvalue weighted by Crippen LogP contribution is -2.23. The summed E-state index contributed by atoms with van der Waals surface area (Å²) in [4.78, 5) is 12.1. The highest BCUT2D eigenvalue weighted by molar-refractivity contribution is 7.98. The van der Waals surface area contributed by atoms with Gasteiger partial charge in [-0.05, 0) is 63.8 Å². The van der Waals surface area contributed by atoms with Crippen molar-refractivity contribution in [3.8, 4) is 5.75 Å². The molecule has 0 unspecified atom stereocenters. The van der Waals surface area contributed by atoms with Crippen molar-refractivity contribution in [2.75, 3.05) is 6.26 Å². The highest BCUT2D eigenvalue weighted by Gasteiger charge is 2.11. The van der Waals surface area contributed by atoms with Gasteiger partial charge in [-0.15, -0.1) is 10.2 Å². The molecule has 122 valence electrons. The molecule has 2 aromatic rings.